The first-order valence-corrected chi connectivity index (χ1v) is 14.0. The summed E-state index contributed by atoms with van der Waals surface area (Å²) >= 11 is 1.68. The highest BCUT2D eigenvalue weighted by Gasteiger charge is 2.38. The van der Waals surface area contributed by atoms with E-state index in [4.69, 9.17) is 9.47 Å². The topological polar surface area (TPSA) is 109 Å². The maximum Gasteiger partial charge on any atom is 0.319 e. The molecule has 1 saturated heterocycles. The van der Waals surface area contributed by atoms with E-state index in [1.165, 1.54) is 6.92 Å². The smallest absolute Gasteiger partial charge is 0.319 e. The number of anilines is 2. The molecular formula is C30H35N3O5S. The van der Waals surface area contributed by atoms with Gasteiger partial charge in [0.15, 0.2) is 6.29 Å². The van der Waals surface area contributed by atoms with Crippen LogP contribution < -0.4 is 16.0 Å². The third-order valence-electron chi connectivity index (χ3n) is 6.47. The van der Waals surface area contributed by atoms with Crippen molar-refractivity contribution in [3.05, 3.63) is 89.5 Å². The van der Waals surface area contributed by atoms with Gasteiger partial charge in [-0.15, -0.1) is 11.8 Å². The molecule has 4 atom stereocenters. The summed E-state index contributed by atoms with van der Waals surface area (Å²) in [5.41, 5.74) is 4.07. The largest absolute Gasteiger partial charge is 0.392 e. The normalized spacial score (nSPS) is 20.7. The van der Waals surface area contributed by atoms with Crippen LogP contribution in [0.4, 0.5) is 16.2 Å². The van der Waals surface area contributed by atoms with Crippen LogP contribution in [0.5, 0.6) is 0 Å². The molecule has 0 aromatic heterocycles. The Labute approximate surface area is 233 Å². The minimum Gasteiger partial charge on any atom is -0.392 e. The van der Waals surface area contributed by atoms with Gasteiger partial charge in [0.05, 0.1) is 18.8 Å². The van der Waals surface area contributed by atoms with Crippen LogP contribution in [0.3, 0.4) is 0 Å². The summed E-state index contributed by atoms with van der Waals surface area (Å²) in [4.78, 5) is 24.4. The van der Waals surface area contributed by atoms with Gasteiger partial charge in [-0.05, 0) is 54.4 Å². The molecule has 9 heteroatoms. The molecule has 1 aliphatic heterocycles. The van der Waals surface area contributed by atoms with Gasteiger partial charge >= 0.3 is 6.03 Å². The van der Waals surface area contributed by atoms with Crippen LogP contribution in [0, 0.1) is 5.92 Å². The van der Waals surface area contributed by atoms with Gasteiger partial charge in [-0.3, -0.25) is 4.79 Å². The Hall–Kier alpha value is -3.37. The summed E-state index contributed by atoms with van der Waals surface area (Å²) in [7, 11) is 0. The van der Waals surface area contributed by atoms with Crippen molar-refractivity contribution in [2.24, 2.45) is 5.92 Å². The van der Waals surface area contributed by atoms with E-state index in [9.17, 15) is 14.7 Å². The number of ether oxygens (including phenoxy) is 2. The van der Waals surface area contributed by atoms with Gasteiger partial charge in [0.25, 0.3) is 0 Å². The van der Waals surface area contributed by atoms with Crippen molar-refractivity contribution in [1.29, 1.82) is 0 Å². The lowest BCUT2D eigenvalue weighted by atomic mass is 9.91. The van der Waals surface area contributed by atoms with Crippen LogP contribution in [0.25, 0.3) is 0 Å². The summed E-state index contributed by atoms with van der Waals surface area (Å²) in [5.74, 6) is 0.640. The maximum absolute atomic E-state index is 12.1. The van der Waals surface area contributed by atoms with Crippen LogP contribution in [0.1, 0.15) is 49.9 Å². The number of benzene rings is 3. The number of hydrogen-bond acceptors (Lipinski definition) is 6. The molecule has 0 bridgehead atoms. The van der Waals surface area contributed by atoms with Crippen molar-refractivity contribution in [2.45, 2.75) is 50.8 Å². The number of nitrogens with one attached hydrogen (secondary N) is 3. The van der Waals surface area contributed by atoms with Crippen molar-refractivity contribution >= 4 is 35.1 Å². The summed E-state index contributed by atoms with van der Waals surface area (Å²) in [6, 6.07) is 22.8. The molecule has 1 heterocycles. The van der Waals surface area contributed by atoms with E-state index in [0.29, 0.717) is 18.0 Å². The van der Waals surface area contributed by atoms with E-state index in [1.807, 2.05) is 79.7 Å². The molecule has 0 unspecified atom stereocenters. The Kier molecular flexibility index (Phi) is 10.00. The van der Waals surface area contributed by atoms with E-state index in [2.05, 4.69) is 22.9 Å². The third kappa shape index (κ3) is 7.83. The Morgan fingerprint density at radius 3 is 2.33 bits per heavy atom. The first-order valence-electron chi connectivity index (χ1n) is 13.0. The second-order valence-corrected chi connectivity index (χ2v) is 10.5. The van der Waals surface area contributed by atoms with Crippen LogP contribution in [0.15, 0.2) is 77.7 Å². The first kappa shape index (κ1) is 28.6. The van der Waals surface area contributed by atoms with E-state index < -0.39 is 6.29 Å². The number of rotatable bonds is 9. The number of hydrogen-bond donors (Lipinski definition) is 4. The average molecular weight is 550 g/mol. The summed E-state index contributed by atoms with van der Waals surface area (Å²) in [5, 5.41) is 17.8. The number of aliphatic hydroxyl groups excluding tert-OH is 1. The predicted octanol–water partition coefficient (Wildman–Crippen LogP) is 5.86. The number of carbonyl (C=O) groups is 2. The molecule has 3 amide bonds. The van der Waals surface area contributed by atoms with Gasteiger partial charge in [-0.1, -0.05) is 43.3 Å². The fourth-order valence-corrected chi connectivity index (χ4v) is 5.49. The van der Waals surface area contributed by atoms with E-state index in [1.54, 1.807) is 11.8 Å². The lowest BCUT2D eigenvalue weighted by Gasteiger charge is -2.41. The molecular weight excluding hydrogens is 514 g/mol. The number of carbonyl (C=O) groups excluding carboxylic acids is 2. The zero-order valence-electron chi connectivity index (χ0n) is 22.3. The molecule has 4 rings (SSSR count). The third-order valence-corrected chi connectivity index (χ3v) is 7.57. The monoisotopic (exact) mass is 549 g/mol. The van der Waals surface area contributed by atoms with Gasteiger partial charge in [0.2, 0.25) is 5.91 Å². The van der Waals surface area contributed by atoms with Crippen LogP contribution in [-0.2, 0) is 20.9 Å². The minimum atomic E-state index is -0.632. The van der Waals surface area contributed by atoms with E-state index >= 15 is 0 Å². The van der Waals surface area contributed by atoms with Gasteiger partial charge in [0.1, 0.15) is 0 Å². The second kappa shape index (κ2) is 13.6. The van der Waals surface area contributed by atoms with Crippen molar-refractivity contribution in [3.8, 4) is 0 Å². The van der Waals surface area contributed by atoms with Gasteiger partial charge in [-0.2, -0.15) is 0 Å². The molecule has 0 saturated carbocycles. The molecule has 206 valence electrons. The van der Waals surface area contributed by atoms with E-state index in [-0.39, 0.29) is 36.7 Å². The highest BCUT2D eigenvalue weighted by atomic mass is 32.2. The summed E-state index contributed by atoms with van der Waals surface area (Å²) in [6.07, 6.45) is -0.997. The molecule has 3 aromatic carbocycles. The standard InChI is InChI=1S/C30H35N3O5S/c1-4-31-30(36)33-25-7-5-6-23(16-25)29-37-27(18-39-26-14-12-24(13-15-26)32-20(3)35)19(2)28(38-29)22-10-8-21(17-34)9-11-22/h5-16,19,27-29,34H,4,17-18H2,1-3H3,(H,32,35)(H2,31,33,36)/t19-,27+,28+,29+/m0/s1. The molecule has 4 N–H and O–H groups in total. The van der Waals surface area contributed by atoms with Crippen LogP contribution in [0.2, 0.25) is 0 Å². The molecule has 1 fully saturated rings. The minimum absolute atomic E-state index is 0.0154. The second-order valence-electron chi connectivity index (χ2n) is 9.45. The van der Waals surface area contributed by atoms with Crippen molar-refractivity contribution in [1.82, 2.24) is 5.32 Å². The van der Waals surface area contributed by atoms with Gasteiger partial charge < -0.3 is 30.5 Å². The molecule has 0 aliphatic carbocycles. The van der Waals surface area contributed by atoms with Crippen molar-refractivity contribution in [3.63, 3.8) is 0 Å². The predicted molar refractivity (Wildman–Crippen MR) is 154 cm³/mol. The highest BCUT2D eigenvalue weighted by molar-refractivity contribution is 7.99. The molecule has 1 aliphatic rings. The Balaban J connectivity index is 1.54. The highest BCUT2D eigenvalue weighted by Crippen LogP contribution is 2.43. The van der Waals surface area contributed by atoms with Gasteiger partial charge in [0, 0.05) is 47.0 Å². The zero-order valence-corrected chi connectivity index (χ0v) is 23.2. The molecule has 3 aromatic rings. The van der Waals surface area contributed by atoms with Crippen LogP contribution in [-0.4, -0.2) is 35.4 Å². The lowest BCUT2D eigenvalue weighted by molar-refractivity contribution is -0.268. The maximum atomic E-state index is 12.1. The van der Waals surface area contributed by atoms with Gasteiger partial charge in [-0.25, -0.2) is 4.79 Å². The number of amides is 3. The average Bonchev–Trinajstić information content (AvgIpc) is 2.93. The summed E-state index contributed by atoms with van der Waals surface area (Å²) < 4.78 is 13.0. The number of urea groups is 1. The fraction of sp³-hybridized carbons (Fsp3) is 0.333. The fourth-order valence-electron chi connectivity index (χ4n) is 4.42. The zero-order chi connectivity index (χ0) is 27.8. The van der Waals surface area contributed by atoms with Crippen molar-refractivity contribution in [2.75, 3.05) is 22.9 Å². The molecule has 39 heavy (non-hydrogen) atoms. The Morgan fingerprint density at radius 2 is 1.67 bits per heavy atom. The first-order chi connectivity index (χ1) is 18.9. The Bertz CT molecular complexity index is 1250. The SMILES string of the molecule is CCNC(=O)Nc1cccc([C@@H]2O[C@H](CSc3ccc(NC(C)=O)cc3)[C@H](C)[C@H](c3ccc(CO)cc3)O2)c1. The Morgan fingerprint density at radius 1 is 0.923 bits per heavy atom. The molecule has 8 nitrogen and oxygen atoms in total. The molecule has 0 radical (unpaired) electrons. The number of thioether (sulfide) groups is 1. The number of aliphatic hydroxyl groups is 1. The van der Waals surface area contributed by atoms with Crippen molar-refractivity contribution < 1.29 is 24.2 Å². The van der Waals surface area contributed by atoms with Crippen LogP contribution >= 0.6 is 11.8 Å². The quantitative estimate of drug-likeness (QED) is 0.249. The lowest BCUT2D eigenvalue weighted by Crippen LogP contribution is -2.38. The van der Waals surface area contributed by atoms with E-state index in [0.717, 1.165) is 27.3 Å². The molecule has 0 spiro atoms. The summed E-state index contributed by atoms with van der Waals surface area (Å²) in [6.45, 7) is 5.99.